The van der Waals surface area contributed by atoms with E-state index in [0.29, 0.717) is 0 Å². The highest BCUT2D eigenvalue weighted by Gasteiger charge is 2.52. The molecule has 9 aromatic rings. The van der Waals surface area contributed by atoms with Crippen LogP contribution in [0.3, 0.4) is 0 Å². The lowest BCUT2D eigenvalue weighted by Gasteiger charge is -2.34. The summed E-state index contributed by atoms with van der Waals surface area (Å²) in [6.07, 6.45) is 9.10. The van der Waals surface area contributed by atoms with Gasteiger partial charge < -0.3 is 9.80 Å². The lowest BCUT2D eigenvalue weighted by Crippen LogP contribution is -2.27. The van der Waals surface area contributed by atoms with E-state index in [1.54, 1.807) is 0 Å². The molecule has 9 aromatic carbocycles. The standard InChI is InChI=1S/C57H40N2/c1-3-21-41(22-4-1)58(55-31-15-19-39-17-7-9-25-45(39)55)43-33-35-49-50-36-34-44(59(42-23-5-2-6-24-42)56-32-16-20-40-18-8-10-26-46(40)56)38-54(50)57(53(49)37-43)51-29-13-11-27-47(51)48-28-12-14-30-52(48)57/h1,3-5,7-38H,2,6H2. The van der Waals surface area contributed by atoms with Crippen LogP contribution in [-0.2, 0) is 5.41 Å². The van der Waals surface area contributed by atoms with Gasteiger partial charge in [-0.15, -0.1) is 0 Å². The first-order valence-electron chi connectivity index (χ1n) is 20.8. The highest BCUT2D eigenvalue weighted by atomic mass is 15.2. The Morgan fingerprint density at radius 2 is 0.847 bits per heavy atom. The van der Waals surface area contributed by atoms with Crippen LogP contribution in [0.15, 0.2) is 224 Å². The number of rotatable bonds is 6. The molecule has 0 aromatic heterocycles. The summed E-state index contributed by atoms with van der Waals surface area (Å²) in [6, 6.07) is 74.4. The second kappa shape index (κ2) is 13.3. The van der Waals surface area contributed by atoms with Crippen molar-refractivity contribution < 1.29 is 0 Å². The minimum absolute atomic E-state index is 0.536. The zero-order chi connectivity index (χ0) is 38.9. The Labute approximate surface area is 345 Å². The number of hydrogen-bond acceptors (Lipinski definition) is 2. The minimum Gasteiger partial charge on any atom is -0.310 e. The predicted molar refractivity (Wildman–Crippen MR) is 247 cm³/mol. The first-order valence-corrected chi connectivity index (χ1v) is 20.8. The van der Waals surface area contributed by atoms with Gasteiger partial charge in [-0.05, 0) is 123 Å². The molecule has 3 aliphatic carbocycles. The normalized spacial score (nSPS) is 14.1. The number of benzene rings is 9. The van der Waals surface area contributed by atoms with Crippen LogP contribution >= 0.6 is 0 Å². The molecule has 3 aliphatic rings. The van der Waals surface area contributed by atoms with Crippen LogP contribution in [-0.4, -0.2) is 0 Å². The van der Waals surface area contributed by atoms with E-state index in [-0.39, 0.29) is 0 Å². The summed E-state index contributed by atoms with van der Waals surface area (Å²) in [4.78, 5) is 4.94. The van der Waals surface area contributed by atoms with Gasteiger partial charge in [-0.25, -0.2) is 0 Å². The molecular weight excluding hydrogens is 713 g/mol. The van der Waals surface area contributed by atoms with Crippen molar-refractivity contribution in [3.63, 3.8) is 0 Å². The molecule has 0 unspecified atom stereocenters. The van der Waals surface area contributed by atoms with Crippen LogP contribution in [0.5, 0.6) is 0 Å². The summed E-state index contributed by atoms with van der Waals surface area (Å²) in [7, 11) is 0. The topological polar surface area (TPSA) is 6.48 Å². The summed E-state index contributed by atoms with van der Waals surface area (Å²) in [5.41, 5.74) is 16.9. The van der Waals surface area contributed by atoms with Gasteiger partial charge in [-0.3, -0.25) is 0 Å². The molecule has 0 bridgehead atoms. The van der Waals surface area contributed by atoms with E-state index in [1.807, 2.05) is 0 Å². The molecule has 2 nitrogen and oxygen atoms in total. The summed E-state index contributed by atoms with van der Waals surface area (Å²) in [5.74, 6) is 0. The van der Waals surface area contributed by atoms with Crippen LogP contribution in [0.2, 0.25) is 0 Å². The van der Waals surface area contributed by atoms with E-state index in [4.69, 9.17) is 0 Å². The lowest BCUT2D eigenvalue weighted by molar-refractivity contribution is 0.793. The highest BCUT2D eigenvalue weighted by Crippen LogP contribution is 2.64. The zero-order valence-corrected chi connectivity index (χ0v) is 32.6. The zero-order valence-electron chi connectivity index (χ0n) is 32.6. The first-order chi connectivity index (χ1) is 29.3. The maximum atomic E-state index is 2.51. The molecule has 0 radical (unpaired) electrons. The number of allylic oxidation sites excluding steroid dienone is 3. The van der Waals surface area contributed by atoms with E-state index in [1.165, 1.54) is 77.4 Å². The second-order valence-electron chi connectivity index (χ2n) is 15.9. The Hall–Kier alpha value is -7.42. The average Bonchev–Trinajstić information content (AvgIpc) is 3.77. The molecule has 0 atom stereocenters. The van der Waals surface area contributed by atoms with Gasteiger partial charge in [-0.2, -0.15) is 0 Å². The van der Waals surface area contributed by atoms with Crippen molar-refractivity contribution in [2.75, 3.05) is 9.80 Å². The average molecular weight is 753 g/mol. The molecule has 278 valence electrons. The molecule has 2 heteroatoms. The van der Waals surface area contributed by atoms with E-state index in [9.17, 15) is 0 Å². The minimum atomic E-state index is -0.536. The fourth-order valence-corrected chi connectivity index (χ4v) is 10.4. The molecule has 0 N–H and O–H groups in total. The van der Waals surface area contributed by atoms with Crippen LogP contribution in [0.25, 0.3) is 43.8 Å². The Balaban J connectivity index is 1.14. The molecule has 59 heavy (non-hydrogen) atoms. The fraction of sp³-hybridized carbons (Fsp3) is 0.0526. The van der Waals surface area contributed by atoms with Crippen LogP contribution in [0, 0.1) is 0 Å². The van der Waals surface area contributed by atoms with Crippen LogP contribution in [0.1, 0.15) is 35.1 Å². The van der Waals surface area contributed by atoms with E-state index >= 15 is 0 Å². The van der Waals surface area contributed by atoms with E-state index < -0.39 is 5.41 Å². The summed E-state index contributed by atoms with van der Waals surface area (Å²) in [6.45, 7) is 0. The summed E-state index contributed by atoms with van der Waals surface area (Å²) < 4.78 is 0. The quantitative estimate of drug-likeness (QED) is 0.167. The molecule has 0 fully saturated rings. The van der Waals surface area contributed by atoms with Crippen LogP contribution in [0.4, 0.5) is 28.4 Å². The van der Waals surface area contributed by atoms with Gasteiger partial charge >= 0.3 is 0 Å². The maximum Gasteiger partial charge on any atom is 0.0727 e. The monoisotopic (exact) mass is 752 g/mol. The van der Waals surface area contributed by atoms with Gasteiger partial charge in [0, 0.05) is 33.5 Å². The molecule has 0 aliphatic heterocycles. The maximum absolute atomic E-state index is 2.51. The third-order valence-electron chi connectivity index (χ3n) is 12.8. The van der Waals surface area contributed by atoms with Gasteiger partial charge in [-0.1, -0.05) is 164 Å². The molecule has 0 saturated heterocycles. The Morgan fingerprint density at radius 3 is 1.44 bits per heavy atom. The van der Waals surface area contributed by atoms with Crippen molar-refractivity contribution in [1.82, 2.24) is 0 Å². The largest absolute Gasteiger partial charge is 0.310 e. The molecule has 0 amide bonds. The third-order valence-corrected chi connectivity index (χ3v) is 12.8. The number of fused-ring (bicyclic) bond motifs is 12. The Bertz CT molecular complexity index is 3130. The van der Waals surface area contributed by atoms with Gasteiger partial charge in [0.1, 0.15) is 0 Å². The van der Waals surface area contributed by atoms with Crippen molar-refractivity contribution in [1.29, 1.82) is 0 Å². The number of anilines is 5. The number of para-hydroxylation sites is 1. The van der Waals surface area contributed by atoms with Crippen molar-refractivity contribution >= 4 is 50.0 Å². The van der Waals surface area contributed by atoms with Crippen molar-refractivity contribution in [2.24, 2.45) is 0 Å². The van der Waals surface area contributed by atoms with Gasteiger partial charge in [0.05, 0.1) is 16.8 Å². The SMILES string of the molecule is C1=CC(N(c2ccc3c(c2)C2(c4ccccc4-c4ccccc42)c2cc(N(c4ccccc4)c4cccc5ccccc45)ccc2-3)c2cccc3ccccc23)=CCC1. The predicted octanol–water partition coefficient (Wildman–Crippen LogP) is 15.2. The first kappa shape index (κ1) is 33.7. The lowest BCUT2D eigenvalue weighted by atomic mass is 9.70. The number of hydrogen-bond donors (Lipinski definition) is 0. The second-order valence-corrected chi connectivity index (χ2v) is 15.9. The number of nitrogens with zero attached hydrogens (tertiary/aromatic N) is 2. The van der Waals surface area contributed by atoms with Crippen LogP contribution < -0.4 is 9.80 Å². The molecule has 1 spiro atoms. The van der Waals surface area contributed by atoms with Gasteiger partial charge in [0.15, 0.2) is 0 Å². The van der Waals surface area contributed by atoms with Crippen molar-refractivity contribution in [2.45, 2.75) is 18.3 Å². The third kappa shape index (κ3) is 5.00. The summed E-state index contributed by atoms with van der Waals surface area (Å²) in [5, 5.41) is 4.92. The molecule has 0 saturated carbocycles. The van der Waals surface area contributed by atoms with E-state index in [0.717, 1.165) is 35.6 Å². The molecule has 12 rings (SSSR count). The Kier molecular flexibility index (Phi) is 7.61. The molecular formula is C57H40N2. The van der Waals surface area contributed by atoms with Crippen molar-refractivity contribution in [3.8, 4) is 22.3 Å². The fourth-order valence-electron chi connectivity index (χ4n) is 10.4. The van der Waals surface area contributed by atoms with Gasteiger partial charge in [0.25, 0.3) is 0 Å². The summed E-state index contributed by atoms with van der Waals surface area (Å²) >= 11 is 0. The highest BCUT2D eigenvalue weighted by molar-refractivity contribution is 6.02. The van der Waals surface area contributed by atoms with Gasteiger partial charge in [0.2, 0.25) is 0 Å². The molecule has 0 heterocycles. The Morgan fingerprint density at radius 1 is 0.356 bits per heavy atom. The van der Waals surface area contributed by atoms with Crippen molar-refractivity contribution in [3.05, 3.63) is 246 Å². The van der Waals surface area contributed by atoms with E-state index in [2.05, 4.69) is 228 Å². The smallest absolute Gasteiger partial charge is 0.0727 e.